The highest BCUT2D eigenvalue weighted by Gasteiger charge is 2.12. The van der Waals surface area contributed by atoms with Gasteiger partial charge in [0.1, 0.15) is 0 Å². The molecule has 24 heavy (non-hydrogen) atoms. The van der Waals surface area contributed by atoms with Crippen LogP contribution in [-0.4, -0.2) is 27.6 Å². The molecule has 0 aliphatic heterocycles. The number of benzene rings is 2. The predicted molar refractivity (Wildman–Crippen MR) is 96.8 cm³/mol. The Morgan fingerprint density at radius 3 is 2.50 bits per heavy atom. The lowest BCUT2D eigenvalue weighted by Crippen LogP contribution is -2.32. The lowest BCUT2D eigenvalue weighted by atomic mass is 10.1. The molecular formula is C20H22N2O2. The average molecular weight is 322 g/mol. The maximum Gasteiger partial charge on any atom is 0.252 e. The molecule has 124 valence electrons. The molecule has 0 unspecified atom stereocenters. The Labute approximate surface area is 141 Å². The molecule has 0 spiro atoms. The zero-order chi connectivity index (χ0) is 16.9. The molecule has 3 rings (SSSR count). The first-order valence-corrected chi connectivity index (χ1v) is 8.17. The number of H-pyrrole nitrogens is 1. The van der Waals surface area contributed by atoms with Crippen molar-refractivity contribution in [2.24, 2.45) is 0 Å². The Balaban J connectivity index is 1.86. The standard InChI is InChI=1S/C20H22N2O2/c1-15(23)12-22(13-16-7-3-2-4-8-16)14-18-11-17-9-5-6-10-19(17)21-20(18)24/h2-11,15,23H,12-14H2,1H3,(H,21,24)/t15-/m1/s1. The summed E-state index contributed by atoms with van der Waals surface area (Å²) in [6.45, 7) is 3.47. The van der Waals surface area contributed by atoms with E-state index < -0.39 is 6.10 Å². The first-order valence-electron chi connectivity index (χ1n) is 8.17. The number of nitrogens with zero attached hydrogens (tertiary/aromatic N) is 1. The normalized spacial score (nSPS) is 12.6. The molecule has 0 saturated heterocycles. The molecule has 0 aliphatic carbocycles. The molecule has 0 aliphatic rings. The average Bonchev–Trinajstić information content (AvgIpc) is 2.56. The van der Waals surface area contributed by atoms with E-state index in [4.69, 9.17) is 0 Å². The summed E-state index contributed by atoms with van der Waals surface area (Å²) in [5.41, 5.74) is 2.65. The van der Waals surface area contributed by atoms with Gasteiger partial charge in [0.25, 0.3) is 5.56 Å². The van der Waals surface area contributed by atoms with E-state index in [-0.39, 0.29) is 5.56 Å². The third-order valence-corrected chi connectivity index (χ3v) is 4.00. The van der Waals surface area contributed by atoms with Crippen molar-refractivity contribution in [1.29, 1.82) is 0 Å². The zero-order valence-corrected chi connectivity index (χ0v) is 13.8. The second-order valence-corrected chi connectivity index (χ2v) is 6.22. The molecule has 1 atom stereocenters. The van der Waals surface area contributed by atoms with Crippen LogP contribution in [0.1, 0.15) is 18.1 Å². The van der Waals surface area contributed by atoms with E-state index >= 15 is 0 Å². The van der Waals surface area contributed by atoms with E-state index in [9.17, 15) is 9.90 Å². The Bertz CT molecular complexity index is 856. The van der Waals surface area contributed by atoms with Gasteiger partial charge in [-0.1, -0.05) is 48.5 Å². The third-order valence-electron chi connectivity index (χ3n) is 4.00. The maximum atomic E-state index is 12.4. The molecule has 3 aromatic rings. The Morgan fingerprint density at radius 1 is 1.04 bits per heavy atom. The minimum Gasteiger partial charge on any atom is -0.392 e. The summed E-state index contributed by atoms with van der Waals surface area (Å²) in [6.07, 6.45) is -0.451. The van der Waals surface area contributed by atoms with E-state index in [0.717, 1.165) is 16.5 Å². The van der Waals surface area contributed by atoms with Gasteiger partial charge < -0.3 is 10.1 Å². The van der Waals surface area contributed by atoms with E-state index in [0.29, 0.717) is 25.2 Å². The van der Waals surface area contributed by atoms with Crippen LogP contribution in [0, 0.1) is 0 Å². The topological polar surface area (TPSA) is 56.3 Å². The summed E-state index contributed by atoms with van der Waals surface area (Å²) >= 11 is 0. The van der Waals surface area contributed by atoms with Gasteiger partial charge in [-0.2, -0.15) is 0 Å². The van der Waals surface area contributed by atoms with E-state index in [1.54, 1.807) is 6.92 Å². The van der Waals surface area contributed by atoms with Crippen LogP contribution in [0.4, 0.5) is 0 Å². The quantitative estimate of drug-likeness (QED) is 0.734. The third kappa shape index (κ3) is 4.10. The maximum absolute atomic E-state index is 12.4. The molecule has 2 N–H and O–H groups in total. The van der Waals surface area contributed by atoms with E-state index in [1.807, 2.05) is 48.5 Å². The summed E-state index contributed by atoms with van der Waals surface area (Å²) in [4.78, 5) is 17.4. The monoisotopic (exact) mass is 322 g/mol. The summed E-state index contributed by atoms with van der Waals surface area (Å²) in [6, 6.07) is 19.8. The summed E-state index contributed by atoms with van der Waals surface area (Å²) in [7, 11) is 0. The summed E-state index contributed by atoms with van der Waals surface area (Å²) in [5.74, 6) is 0. The van der Waals surface area contributed by atoms with Crippen molar-refractivity contribution in [3.63, 3.8) is 0 Å². The molecule has 0 bridgehead atoms. The lowest BCUT2D eigenvalue weighted by Gasteiger charge is -2.23. The number of pyridine rings is 1. The molecule has 4 nitrogen and oxygen atoms in total. The molecular weight excluding hydrogens is 300 g/mol. The van der Waals surface area contributed by atoms with E-state index in [2.05, 4.69) is 22.0 Å². The Hall–Kier alpha value is -2.43. The van der Waals surface area contributed by atoms with Crippen molar-refractivity contribution in [2.45, 2.75) is 26.1 Å². The number of para-hydroxylation sites is 1. The van der Waals surface area contributed by atoms with Crippen molar-refractivity contribution >= 4 is 10.9 Å². The molecule has 0 fully saturated rings. The van der Waals surface area contributed by atoms with Crippen LogP contribution in [0.2, 0.25) is 0 Å². The lowest BCUT2D eigenvalue weighted by molar-refractivity contribution is 0.118. The van der Waals surface area contributed by atoms with Crippen molar-refractivity contribution in [3.8, 4) is 0 Å². The van der Waals surface area contributed by atoms with Gasteiger partial charge in [-0.05, 0) is 30.0 Å². The summed E-state index contributed by atoms with van der Waals surface area (Å²) in [5, 5.41) is 10.8. The van der Waals surface area contributed by atoms with Crippen LogP contribution in [-0.2, 0) is 13.1 Å². The van der Waals surface area contributed by atoms with Crippen molar-refractivity contribution in [3.05, 3.63) is 82.1 Å². The molecule has 2 aromatic carbocycles. The molecule has 0 saturated carbocycles. The van der Waals surface area contributed by atoms with Gasteiger partial charge in [-0.3, -0.25) is 9.69 Å². The highest BCUT2D eigenvalue weighted by atomic mass is 16.3. The molecule has 0 radical (unpaired) electrons. The van der Waals surface area contributed by atoms with Crippen molar-refractivity contribution in [1.82, 2.24) is 9.88 Å². The summed E-state index contributed by atoms with van der Waals surface area (Å²) < 4.78 is 0. The number of aromatic nitrogens is 1. The highest BCUT2D eigenvalue weighted by molar-refractivity contribution is 5.78. The molecule has 4 heteroatoms. The number of hydrogen-bond donors (Lipinski definition) is 2. The fourth-order valence-corrected chi connectivity index (χ4v) is 2.95. The zero-order valence-electron chi connectivity index (χ0n) is 13.8. The predicted octanol–water partition coefficient (Wildman–Crippen LogP) is 2.91. The van der Waals surface area contributed by atoms with E-state index in [1.165, 1.54) is 0 Å². The fourth-order valence-electron chi connectivity index (χ4n) is 2.95. The molecule has 1 heterocycles. The minimum absolute atomic E-state index is 0.0719. The number of rotatable bonds is 6. The second-order valence-electron chi connectivity index (χ2n) is 6.22. The van der Waals surface area contributed by atoms with Crippen LogP contribution < -0.4 is 5.56 Å². The smallest absolute Gasteiger partial charge is 0.252 e. The number of aliphatic hydroxyl groups excluding tert-OH is 1. The Kier molecular flexibility index (Phi) is 5.08. The number of aromatic amines is 1. The number of aliphatic hydroxyl groups is 1. The van der Waals surface area contributed by atoms with Gasteiger partial charge in [0.05, 0.1) is 6.10 Å². The van der Waals surface area contributed by atoms with Crippen molar-refractivity contribution < 1.29 is 5.11 Å². The largest absolute Gasteiger partial charge is 0.392 e. The van der Waals surface area contributed by atoms with Gasteiger partial charge in [0.15, 0.2) is 0 Å². The van der Waals surface area contributed by atoms with Crippen LogP contribution in [0.25, 0.3) is 10.9 Å². The first-order chi connectivity index (χ1) is 11.6. The van der Waals surface area contributed by atoms with Crippen LogP contribution in [0.3, 0.4) is 0 Å². The van der Waals surface area contributed by atoms with Gasteiger partial charge in [0.2, 0.25) is 0 Å². The molecule has 0 amide bonds. The number of hydrogen-bond acceptors (Lipinski definition) is 3. The molecule has 1 aromatic heterocycles. The van der Waals surface area contributed by atoms with Crippen LogP contribution in [0.5, 0.6) is 0 Å². The first kappa shape index (κ1) is 16.4. The van der Waals surface area contributed by atoms with Crippen LogP contribution in [0.15, 0.2) is 65.5 Å². The van der Waals surface area contributed by atoms with Gasteiger partial charge in [0, 0.05) is 30.7 Å². The van der Waals surface area contributed by atoms with Crippen molar-refractivity contribution in [2.75, 3.05) is 6.54 Å². The van der Waals surface area contributed by atoms with Gasteiger partial charge >= 0.3 is 0 Å². The highest BCUT2D eigenvalue weighted by Crippen LogP contribution is 2.13. The second kappa shape index (κ2) is 7.43. The minimum atomic E-state index is -0.451. The van der Waals surface area contributed by atoms with Crippen LogP contribution >= 0.6 is 0 Å². The SMILES string of the molecule is C[C@@H](O)CN(Cc1ccccc1)Cc1cc2ccccc2[nH]c1=O. The number of fused-ring (bicyclic) bond motifs is 1. The number of nitrogens with one attached hydrogen (secondary N) is 1. The fraction of sp³-hybridized carbons (Fsp3) is 0.250. The van der Waals surface area contributed by atoms with Gasteiger partial charge in [-0.25, -0.2) is 0 Å². The Morgan fingerprint density at radius 2 is 1.75 bits per heavy atom. The van der Waals surface area contributed by atoms with Gasteiger partial charge in [-0.15, -0.1) is 0 Å².